The lowest BCUT2D eigenvalue weighted by molar-refractivity contribution is 0.00554. The lowest BCUT2D eigenvalue weighted by atomic mass is 10.2. The Kier molecular flexibility index (Phi) is 8.05. The second-order valence-corrected chi connectivity index (χ2v) is 6.26. The Morgan fingerprint density at radius 2 is 2.17 bits per heavy atom. The maximum atomic E-state index is 10.5. The zero-order valence-electron chi connectivity index (χ0n) is 14.5. The van der Waals surface area contributed by atoms with Crippen LogP contribution >= 0.6 is 0 Å². The Morgan fingerprint density at radius 1 is 1.39 bits per heavy atom. The summed E-state index contributed by atoms with van der Waals surface area (Å²) in [6.45, 7) is 7.32. The van der Waals surface area contributed by atoms with Gasteiger partial charge in [-0.05, 0) is 18.6 Å². The fourth-order valence-corrected chi connectivity index (χ4v) is 2.99. The molecule has 1 aromatic rings. The Balaban J connectivity index is 1.83. The number of aromatic nitrogens is 1. The fourth-order valence-electron chi connectivity index (χ4n) is 2.99. The van der Waals surface area contributed by atoms with E-state index in [9.17, 15) is 5.11 Å². The molecule has 1 N–H and O–H groups in total. The van der Waals surface area contributed by atoms with Crippen LogP contribution in [0.1, 0.15) is 12.1 Å². The normalized spacial score (nSPS) is 17.7. The van der Waals surface area contributed by atoms with E-state index in [-0.39, 0.29) is 6.10 Å². The van der Waals surface area contributed by atoms with Crippen molar-refractivity contribution in [2.45, 2.75) is 19.1 Å². The van der Waals surface area contributed by atoms with E-state index in [1.165, 1.54) is 5.69 Å². The fraction of sp³-hybridized carbons (Fsp3) is 0.765. The van der Waals surface area contributed by atoms with E-state index in [1.54, 1.807) is 7.11 Å². The summed E-state index contributed by atoms with van der Waals surface area (Å²) in [5.74, 6) is 0. The van der Waals surface area contributed by atoms with Crippen molar-refractivity contribution in [1.29, 1.82) is 0 Å². The number of nitrogens with zero attached hydrogens (tertiary/aromatic N) is 3. The molecule has 1 aliphatic rings. The molecule has 0 radical (unpaired) electrons. The van der Waals surface area contributed by atoms with E-state index >= 15 is 0 Å². The number of hydrogen-bond acceptors (Lipinski definition) is 5. The zero-order chi connectivity index (χ0) is 16.5. The van der Waals surface area contributed by atoms with Crippen molar-refractivity contribution in [1.82, 2.24) is 14.4 Å². The van der Waals surface area contributed by atoms with Crippen LogP contribution in [0.5, 0.6) is 0 Å². The largest absolute Gasteiger partial charge is 0.390 e. The van der Waals surface area contributed by atoms with Crippen LogP contribution in [0, 0.1) is 0 Å². The molecular weight excluding hydrogens is 294 g/mol. The molecule has 0 aliphatic carbocycles. The molecular formula is C17H31N3O3. The molecule has 1 unspecified atom stereocenters. The SMILES string of the molecule is COCCCN(Cc1cccn1C)CC(O)CN1CCOCC1. The van der Waals surface area contributed by atoms with Crippen molar-refractivity contribution in [3.05, 3.63) is 24.0 Å². The van der Waals surface area contributed by atoms with Gasteiger partial charge in [0.05, 0.1) is 19.3 Å². The lowest BCUT2D eigenvalue weighted by Gasteiger charge is -2.31. The van der Waals surface area contributed by atoms with Gasteiger partial charge in [-0.2, -0.15) is 0 Å². The van der Waals surface area contributed by atoms with Crippen molar-refractivity contribution in [2.75, 3.05) is 59.7 Å². The Bertz CT molecular complexity index is 432. The zero-order valence-corrected chi connectivity index (χ0v) is 14.5. The third-order valence-corrected chi connectivity index (χ3v) is 4.30. The van der Waals surface area contributed by atoms with Crippen LogP contribution in [0.3, 0.4) is 0 Å². The van der Waals surface area contributed by atoms with Gasteiger partial charge < -0.3 is 19.1 Å². The van der Waals surface area contributed by atoms with Gasteiger partial charge in [0.15, 0.2) is 0 Å². The molecule has 2 heterocycles. The maximum Gasteiger partial charge on any atom is 0.0793 e. The molecule has 6 nitrogen and oxygen atoms in total. The maximum absolute atomic E-state index is 10.5. The quantitative estimate of drug-likeness (QED) is 0.637. The smallest absolute Gasteiger partial charge is 0.0793 e. The molecule has 23 heavy (non-hydrogen) atoms. The highest BCUT2D eigenvalue weighted by atomic mass is 16.5. The molecule has 1 atom stereocenters. The van der Waals surface area contributed by atoms with E-state index in [0.717, 1.165) is 59.0 Å². The predicted molar refractivity (Wildman–Crippen MR) is 90.4 cm³/mol. The molecule has 1 fully saturated rings. The van der Waals surface area contributed by atoms with E-state index in [0.29, 0.717) is 6.54 Å². The summed E-state index contributed by atoms with van der Waals surface area (Å²) < 4.78 is 12.7. The third kappa shape index (κ3) is 6.61. The van der Waals surface area contributed by atoms with Gasteiger partial charge in [-0.25, -0.2) is 0 Å². The highest BCUT2D eigenvalue weighted by Gasteiger charge is 2.18. The monoisotopic (exact) mass is 325 g/mol. The first kappa shape index (κ1) is 18.4. The minimum Gasteiger partial charge on any atom is -0.390 e. The third-order valence-electron chi connectivity index (χ3n) is 4.30. The van der Waals surface area contributed by atoms with Crippen molar-refractivity contribution in [2.24, 2.45) is 7.05 Å². The van der Waals surface area contributed by atoms with Gasteiger partial charge in [-0.15, -0.1) is 0 Å². The molecule has 2 rings (SSSR count). The summed E-state index contributed by atoms with van der Waals surface area (Å²) in [7, 11) is 3.79. The van der Waals surface area contributed by atoms with Gasteiger partial charge in [0.1, 0.15) is 0 Å². The first-order chi connectivity index (χ1) is 11.2. The van der Waals surface area contributed by atoms with Gasteiger partial charge in [0, 0.05) is 71.9 Å². The van der Waals surface area contributed by atoms with Crippen LogP contribution in [0.25, 0.3) is 0 Å². The second-order valence-electron chi connectivity index (χ2n) is 6.26. The minimum absolute atomic E-state index is 0.337. The summed E-state index contributed by atoms with van der Waals surface area (Å²) >= 11 is 0. The van der Waals surface area contributed by atoms with Crippen LogP contribution in [0.15, 0.2) is 18.3 Å². The van der Waals surface area contributed by atoms with E-state index < -0.39 is 0 Å². The lowest BCUT2D eigenvalue weighted by Crippen LogP contribution is -2.44. The van der Waals surface area contributed by atoms with Gasteiger partial charge in [0.2, 0.25) is 0 Å². The van der Waals surface area contributed by atoms with E-state index in [1.807, 2.05) is 0 Å². The molecule has 0 aromatic carbocycles. The average Bonchev–Trinajstić information content (AvgIpc) is 2.93. The molecule has 1 aliphatic heterocycles. The molecule has 1 aromatic heterocycles. The number of aliphatic hydroxyl groups excluding tert-OH is 1. The summed E-state index contributed by atoms with van der Waals surface area (Å²) in [6.07, 6.45) is 2.70. The summed E-state index contributed by atoms with van der Waals surface area (Å²) in [6, 6.07) is 4.20. The Labute approximate surface area is 139 Å². The van der Waals surface area contributed by atoms with Crippen molar-refractivity contribution in [3.63, 3.8) is 0 Å². The summed E-state index contributed by atoms with van der Waals surface area (Å²) in [5, 5.41) is 10.5. The number of aryl methyl sites for hydroxylation is 1. The van der Waals surface area contributed by atoms with Gasteiger partial charge in [-0.3, -0.25) is 9.80 Å². The topological polar surface area (TPSA) is 50.1 Å². The average molecular weight is 325 g/mol. The first-order valence-corrected chi connectivity index (χ1v) is 8.48. The highest BCUT2D eigenvalue weighted by molar-refractivity contribution is 5.06. The number of β-amino-alcohol motifs (C(OH)–C–C–N with tert-alkyl or cyclic N) is 1. The molecule has 1 saturated heterocycles. The second kappa shape index (κ2) is 10.1. The number of morpholine rings is 1. The standard InChI is InChI=1S/C17H31N3O3/c1-18-6-3-5-16(18)13-20(7-4-10-22-2)15-17(21)14-19-8-11-23-12-9-19/h3,5-6,17,21H,4,7-15H2,1-2H3. The van der Waals surface area contributed by atoms with Crippen LogP contribution in [0.2, 0.25) is 0 Å². The van der Waals surface area contributed by atoms with E-state index in [4.69, 9.17) is 9.47 Å². The van der Waals surface area contributed by atoms with Gasteiger partial charge in [0.25, 0.3) is 0 Å². The van der Waals surface area contributed by atoms with Crippen LogP contribution in [0.4, 0.5) is 0 Å². The van der Waals surface area contributed by atoms with Crippen molar-refractivity contribution >= 4 is 0 Å². The van der Waals surface area contributed by atoms with Crippen molar-refractivity contribution in [3.8, 4) is 0 Å². The number of aliphatic hydroxyl groups is 1. The van der Waals surface area contributed by atoms with Crippen LogP contribution in [-0.2, 0) is 23.1 Å². The van der Waals surface area contributed by atoms with Crippen LogP contribution < -0.4 is 0 Å². The molecule has 0 amide bonds. The number of ether oxygens (including phenoxy) is 2. The van der Waals surface area contributed by atoms with Crippen LogP contribution in [-0.4, -0.2) is 85.2 Å². The number of rotatable bonds is 10. The Hall–Kier alpha value is -0.920. The van der Waals surface area contributed by atoms with Gasteiger partial charge >= 0.3 is 0 Å². The number of hydrogen-bond donors (Lipinski definition) is 1. The molecule has 0 spiro atoms. The van der Waals surface area contributed by atoms with Gasteiger partial charge in [-0.1, -0.05) is 0 Å². The molecule has 132 valence electrons. The molecule has 0 saturated carbocycles. The molecule has 6 heteroatoms. The molecule has 0 bridgehead atoms. The van der Waals surface area contributed by atoms with Crippen molar-refractivity contribution < 1.29 is 14.6 Å². The summed E-state index contributed by atoms with van der Waals surface area (Å²) in [5.41, 5.74) is 1.26. The first-order valence-electron chi connectivity index (χ1n) is 8.48. The highest BCUT2D eigenvalue weighted by Crippen LogP contribution is 2.08. The predicted octanol–water partition coefficient (Wildman–Crippen LogP) is 0.557. The van der Waals surface area contributed by atoms with E-state index in [2.05, 4.69) is 39.7 Å². The Morgan fingerprint density at radius 3 is 2.83 bits per heavy atom. The minimum atomic E-state index is -0.337. The summed E-state index contributed by atoms with van der Waals surface area (Å²) in [4.78, 5) is 4.60. The number of methoxy groups -OCH3 is 1.